The van der Waals surface area contributed by atoms with E-state index in [0.29, 0.717) is 10.0 Å². The summed E-state index contributed by atoms with van der Waals surface area (Å²) in [5, 5.41) is 2.12. The van der Waals surface area contributed by atoms with Crippen LogP contribution in [0.25, 0.3) is 11.3 Å². The highest BCUT2D eigenvalue weighted by Gasteiger charge is 2.26. The van der Waals surface area contributed by atoms with Crippen LogP contribution in [0.2, 0.25) is 15.1 Å². The molecule has 4 rings (SSSR count). The first-order valence-electron chi connectivity index (χ1n) is 8.93. The second-order valence-corrected chi connectivity index (χ2v) is 8.04. The van der Waals surface area contributed by atoms with Gasteiger partial charge in [-0.05, 0) is 55.7 Å². The monoisotopic (exact) mass is 405 g/mol. The number of fused-ring (bicyclic) bond motifs is 1. The van der Waals surface area contributed by atoms with Crippen LogP contribution >= 0.6 is 34.8 Å². The van der Waals surface area contributed by atoms with Crippen molar-refractivity contribution in [2.45, 2.75) is 38.8 Å². The third kappa shape index (κ3) is 3.64. The highest BCUT2D eigenvalue weighted by molar-refractivity contribution is 6.35. The minimum atomic E-state index is 0.664. The number of imidazole rings is 1. The molecule has 0 bridgehead atoms. The average molecular weight is 407 g/mol. The van der Waals surface area contributed by atoms with Gasteiger partial charge in [0, 0.05) is 32.6 Å². The molecule has 0 saturated carbocycles. The fraction of sp³-hybridized carbons (Fsp3) is 0.286. The van der Waals surface area contributed by atoms with E-state index in [1.165, 1.54) is 36.3 Å². The Bertz CT molecular complexity index is 929. The summed E-state index contributed by atoms with van der Waals surface area (Å²) in [7, 11) is 0. The van der Waals surface area contributed by atoms with Gasteiger partial charge in [-0.15, -0.1) is 0 Å². The van der Waals surface area contributed by atoms with Crippen molar-refractivity contribution in [1.29, 1.82) is 0 Å². The molecule has 3 aromatic rings. The molecule has 0 aliphatic carbocycles. The van der Waals surface area contributed by atoms with E-state index < -0.39 is 0 Å². The second kappa shape index (κ2) is 7.64. The molecule has 134 valence electrons. The zero-order valence-corrected chi connectivity index (χ0v) is 16.7. The molecule has 2 nitrogen and oxygen atoms in total. The van der Waals surface area contributed by atoms with Crippen molar-refractivity contribution in [2.24, 2.45) is 0 Å². The highest BCUT2D eigenvalue weighted by Crippen LogP contribution is 2.28. The molecule has 1 aromatic heterocycles. The van der Waals surface area contributed by atoms with Gasteiger partial charge in [0.15, 0.2) is 5.69 Å². The van der Waals surface area contributed by atoms with Gasteiger partial charge < -0.3 is 0 Å². The van der Waals surface area contributed by atoms with Crippen LogP contribution in [-0.2, 0) is 19.5 Å². The molecule has 0 saturated heterocycles. The summed E-state index contributed by atoms with van der Waals surface area (Å²) in [4.78, 5) is 0. The third-order valence-corrected chi connectivity index (χ3v) is 5.83. The van der Waals surface area contributed by atoms with Gasteiger partial charge in [0.2, 0.25) is 0 Å². The lowest BCUT2D eigenvalue weighted by Gasteiger charge is -2.08. The summed E-state index contributed by atoms with van der Waals surface area (Å²) >= 11 is 18.6. The number of hydrogen-bond donors (Lipinski definition) is 0. The van der Waals surface area contributed by atoms with Crippen molar-refractivity contribution in [3.8, 4) is 11.3 Å². The van der Waals surface area contributed by atoms with Crippen LogP contribution in [-0.4, -0.2) is 4.57 Å². The van der Waals surface area contributed by atoms with Crippen LogP contribution in [0.1, 0.15) is 30.7 Å². The quantitative estimate of drug-likeness (QED) is 0.459. The highest BCUT2D eigenvalue weighted by atomic mass is 35.5. The van der Waals surface area contributed by atoms with Crippen LogP contribution in [0.3, 0.4) is 0 Å². The fourth-order valence-electron chi connectivity index (χ4n) is 3.65. The van der Waals surface area contributed by atoms with Gasteiger partial charge in [0.1, 0.15) is 12.7 Å². The Balaban J connectivity index is 1.82. The predicted molar refractivity (Wildman–Crippen MR) is 108 cm³/mol. The number of rotatable bonds is 3. The molecular weight excluding hydrogens is 387 g/mol. The summed E-state index contributed by atoms with van der Waals surface area (Å²) in [6.45, 7) is 1.80. The van der Waals surface area contributed by atoms with E-state index >= 15 is 0 Å². The average Bonchev–Trinajstić information content (AvgIpc) is 2.80. The molecule has 0 fully saturated rings. The molecule has 1 aliphatic heterocycles. The zero-order valence-electron chi connectivity index (χ0n) is 14.4. The van der Waals surface area contributed by atoms with Crippen molar-refractivity contribution in [3.63, 3.8) is 0 Å². The summed E-state index contributed by atoms with van der Waals surface area (Å²) in [5.74, 6) is 1.36. The number of nitrogens with zero attached hydrogens (tertiary/aromatic N) is 2. The number of aromatic nitrogens is 2. The van der Waals surface area contributed by atoms with Crippen LogP contribution < -0.4 is 4.57 Å². The van der Waals surface area contributed by atoms with E-state index in [-0.39, 0.29) is 0 Å². The second-order valence-electron chi connectivity index (χ2n) is 6.76. The van der Waals surface area contributed by atoms with E-state index in [4.69, 9.17) is 34.8 Å². The molecular formula is C21H20Cl3N2+. The van der Waals surface area contributed by atoms with Gasteiger partial charge in [-0.2, -0.15) is 0 Å². The maximum absolute atomic E-state index is 6.46. The molecule has 0 amide bonds. The molecule has 1 aliphatic rings. The van der Waals surface area contributed by atoms with Gasteiger partial charge in [0.25, 0.3) is 5.82 Å². The van der Waals surface area contributed by atoms with Crippen LogP contribution in [0.15, 0.2) is 48.7 Å². The van der Waals surface area contributed by atoms with Crippen LogP contribution in [0.5, 0.6) is 0 Å². The lowest BCUT2D eigenvalue weighted by atomic mass is 10.1. The first kappa shape index (κ1) is 17.9. The zero-order chi connectivity index (χ0) is 18.1. The predicted octanol–water partition coefficient (Wildman–Crippen LogP) is 6.18. The number of hydrogen-bond acceptors (Lipinski definition) is 0. The third-order valence-electron chi connectivity index (χ3n) is 4.99. The van der Waals surface area contributed by atoms with Gasteiger partial charge >= 0.3 is 0 Å². The van der Waals surface area contributed by atoms with E-state index in [2.05, 4.69) is 27.5 Å². The van der Waals surface area contributed by atoms with Crippen molar-refractivity contribution < 1.29 is 4.57 Å². The number of halogens is 3. The van der Waals surface area contributed by atoms with Crippen molar-refractivity contribution in [1.82, 2.24) is 4.57 Å². The van der Waals surface area contributed by atoms with Crippen LogP contribution in [0.4, 0.5) is 0 Å². The van der Waals surface area contributed by atoms with Gasteiger partial charge in [-0.3, -0.25) is 0 Å². The molecule has 0 spiro atoms. The Labute approximate surface area is 168 Å². The Kier molecular flexibility index (Phi) is 5.26. The lowest BCUT2D eigenvalue weighted by molar-refractivity contribution is -0.702. The lowest BCUT2D eigenvalue weighted by Crippen LogP contribution is -2.36. The van der Waals surface area contributed by atoms with Gasteiger partial charge in [0.05, 0.1) is 6.54 Å². The SMILES string of the molecule is Clc1ccc(-c2c[n+]3c(n2Cc2ccc(Cl)cc2Cl)CCCCC3)cc1. The smallest absolute Gasteiger partial charge is 0.234 e. The first-order valence-corrected chi connectivity index (χ1v) is 10.1. The molecule has 0 unspecified atom stereocenters. The largest absolute Gasteiger partial charge is 0.257 e. The Hall–Kier alpha value is -1.48. The summed E-state index contributed by atoms with van der Waals surface area (Å²) in [6.07, 6.45) is 7.08. The molecule has 5 heteroatoms. The van der Waals surface area contributed by atoms with Gasteiger partial charge in [-0.1, -0.05) is 40.9 Å². The maximum Gasteiger partial charge on any atom is 0.257 e. The Morgan fingerprint density at radius 1 is 0.885 bits per heavy atom. The molecule has 2 aromatic carbocycles. The minimum Gasteiger partial charge on any atom is -0.234 e. The Morgan fingerprint density at radius 3 is 2.42 bits per heavy atom. The number of aryl methyl sites for hydroxylation is 1. The van der Waals surface area contributed by atoms with Crippen LogP contribution in [0, 0.1) is 0 Å². The number of benzene rings is 2. The molecule has 0 radical (unpaired) electrons. The molecule has 26 heavy (non-hydrogen) atoms. The minimum absolute atomic E-state index is 0.664. The van der Waals surface area contributed by atoms with E-state index in [1.807, 2.05) is 30.3 Å². The summed E-state index contributed by atoms with van der Waals surface area (Å²) in [6, 6.07) is 13.8. The summed E-state index contributed by atoms with van der Waals surface area (Å²) < 4.78 is 4.80. The maximum atomic E-state index is 6.46. The van der Waals surface area contributed by atoms with E-state index in [1.54, 1.807) is 0 Å². The van der Waals surface area contributed by atoms with Gasteiger partial charge in [-0.25, -0.2) is 9.13 Å². The van der Waals surface area contributed by atoms with Crippen molar-refractivity contribution in [2.75, 3.05) is 0 Å². The van der Waals surface area contributed by atoms with E-state index in [0.717, 1.165) is 30.1 Å². The topological polar surface area (TPSA) is 8.81 Å². The van der Waals surface area contributed by atoms with Crippen molar-refractivity contribution >= 4 is 34.8 Å². The molecule has 0 atom stereocenters. The standard InChI is InChI=1S/C21H20Cl3N2/c22-17-8-5-15(6-9-17)20-14-25-11-3-1-2-4-21(25)26(20)13-16-7-10-18(23)12-19(16)24/h5-10,12,14H,1-4,11,13H2/q+1. The molecule has 2 heterocycles. The fourth-order valence-corrected chi connectivity index (χ4v) is 4.24. The first-order chi connectivity index (χ1) is 12.6. The normalized spacial score (nSPS) is 14.1. The molecule has 0 N–H and O–H groups in total. The summed E-state index contributed by atoms with van der Waals surface area (Å²) in [5.41, 5.74) is 3.44. The van der Waals surface area contributed by atoms with E-state index in [9.17, 15) is 0 Å². The van der Waals surface area contributed by atoms with Crippen molar-refractivity contribution in [3.05, 3.63) is 75.1 Å². The Morgan fingerprint density at radius 2 is 1.65 bits per heavy atom.